The number of halogens is 2. The van der Waals surface area contributed by atoms with Gasteiger partial charge in [0, 0.05) is 31.9 Å². The Balaban J connectivity index is 2.21. The van der Waals surface area contributed by atoms with E-state index in [1.165, 1.54) is 14.2 Å². The van der Waals surface area contributed by atoms with Crippen LogP contribution in [-0.2, 0) is 9.47 Å². The normalized spacial score (nSPS) is 11.4. The zero-order valence-electron chi connectivity index (χ0n) is 13.6. The number of carbonyl (C=O) groups is 2. The van der Waals surface area contributed by atoms with Crippen molar-refractivity contribution in [2.45, 2.75) is 0 Å². The first-order valence-electron chi connectivity index (χ1n) is 7.48. The van der Waals surface area contributed by atoms with Crippen molar-refractivity contribution < 1.29 is 19.1 Å². The molecule has 26 heavy (non-hydrogen) atoms. The predicted molar refractivity (Wildman–Crippen MR) is 96.7 cm³/mol. The van der Waals surface area contributed by atoms with Crippen molar-refractivity contribution in [2.75, 3.05) is 14.2 Å². The van der Waals surface area contributed by atoms with E-state index in [1.54, 1.807) is 24.3 Å². The zero-order chi connectivity index (χ0) is 18.6. The van der Waals surface area contributed by atoms with Crippen molar-refractivity contribution in [3.05, 3.63) is 45.7 Å². The summed E-state index contributed by atoms with van der Waals surface area (Å²) in [4.78, 5) is 24.5. The molecule has 1 aliphatic carbocycles. The van der Waals surface area contributed by atoms with Crippen molar-refractivity contribution in [1.82, 2.24) is 10.2 Å². The smallest absolute Gasteiger partial charge is 0.359 e. The molecule has 0 aliphatic heterocycles. The number of benzene rings is 2. The van der Waals surface area contributed by atoms with Crippen LogP contribution in [0.1, 0.15) is 21.0 Å². The van der Waals surface area contributed by atoms with Gasteiger partial charge in [-0.2, -0.15) is 0 Å². The third-order valence-electron chi connectivity index (χ3n) is 4.33. The third-order valence-corrected chi connectivity index (χ3v) is 4.96. The Labute approximate surface area is 157 Å². The minimum Gasteiger partial charge on any atom is -0.464 e. The highest BCUT2D eigenvalue weighted by atomic mass is 35.5. The Morgan fingerprint density at radius 2 is 1.19 bits per heavy atom. The van der Waals surface area contributed by atoms with Crippen LogP contribution in [0.3, 0.4) is 0 Å². The number of ether oxygens (including phenoxy) is 2. The molecule has 1 heterocycles. The van der Waals surface area contributed by atoms with Crippen LogP contribution in [0.2, 0.25) is 10.0 Å². The molecule has 0 N–H and O–H groups in total. The number of fused-ring (bicyclic) bond motifs is 3. The van der Waals surface area contributed by atoms with Gasteiger partial charge in [-0.15, -0.1) is 10.2 Å². The number of methoxy groups -OCH3 is 2. The second kappa shape index (κ2) is 5.93. The summed E-state index contributed by atoms with van der Waals surface area (Å²) in [6.45, 7) is 0. The molecule has 2 aromatic carbocycles. The molecule has 0 saturated heterocycles. The topological polar surface area (TPSA) is 78.4 Å². The molecular weight excluding hydrogens is 379 g/mol. The van der Waals surface area contributed by atoms with Crippen LogP contribution < -0.4 is 0 Å². The van der Waals surface area contributed by atoms with Gasteiger partial charge in [0.2, 0.25) is 0 Å². The van der Waals surface area contributed by atoms with Crippen molar-refractivity contribution >= 4 is 45.9 Å². The fraction of sp³-hybridized carbons (Fsp3) is 0.111. The van der Waals surface area contributed by atoms with Gasteiger partial charge in [-0.1, -0.05) is 35.3 Å². The maximum atomic E-state index is 12.2. The summed E-state index contributed by atoms with van der Waals surface area (Å²) in [7, 11) is 2.50. The summed E-state index contributed by atoms with van der Waals surface area (Å²) in [5.74, 6) is -1.32. The summed E-state index contributed by atoms with van der Waals surface area (Å²) in [5, 5.41) is 10.1. The van der Waals surface area contributed by atoms with Crippen LogP contribution in [0.5, 0.6) is 0 Å². The first-order chi connectivity index (χ1) is 12.5. The molecule has 6 nitrogen and oxygen atoms in total. The van der Waals surface area contributed by atoms with E-state index in [1.807, 2.05) is 0 Å². The maximum Gasteiger partial charge on any atom is 0.359 e. The van der Waals surface area contributed by atoms with Crippen LogP contribution in [0.15, 0.2) is 24.3 Å². The van der Waals surface area contributed by atoms with Gasteiger partial charge < -0.3 is 9.47 Å². The summed E-state index contributed by atoms with van der Waals surface area (Å²) in [6.07, 6.45) is 0. The Bertz CT molecular complexity index is 1040. The lowest BCUT2D eigenvalue weighted by atomic mass is 10.0. The van der Waals surface area contributed by atoms with Gasteiger partial charge in [-0.05, 0) is 23.3 Å². The van der Waals surface area contributed by atoms with E-state index < -0.39 is 11.9 Å². The van der Waals surface area contributed by atoms with Crippen molar-refractivity contribution in [3.8, 4) is 22.3 Å². The summed E-state index contributed by atoms with van der Waals surface area (Å²) >= 11 is 12.7. The monoisotopic (exact) mass is 388 g/mol. The van der Waals surface area contributed by atoms with Gasteiger partial charge in [0.25, 0.3) is 0 Å². The summed E-state index contributed by atoms with van der Waals surface area (Å²) in [6, 6.07) is 6.88. The molecule has 0 radical (unpaired) electrons. The maximum absolute atomic E-state index is 12.2. The Hall–Kier alpha value is -2.70. The first-order valence-corrected chi connectivity index (χ1v) is 8.24. The Morgan fingerprint density at radius 1 is 0.769 bits per heavy atom. The molecule has 8 heteroatoms. The third kappa shape index (κ3) is 2.12. The number of nitrogens with zero attached hydrogens (tertiary/aromatic N) is 2. The summed E-state index contributed by atoms with van der Waals surface area (Å²) in [5.41, 5.74) is 2.27. The van der Waals surface area contributed by atoms with E-state index in [-0.39, 0.29) is 11.4 Å². The lowest BCUT2D eigenvalue weighted by Crippen LogP contribution is -2.14. The summed E-state index contributed by atoms with van der Waals surface area (Å²) < 4.78 is 9.64. The van der Waals surface area contributed by atoms with Crippen molar-refractivity contribution in [3.63, 3.8) is 0 Å². The molecule has 0 amide bonds. The molecule has 3 aromatic rings. The highest BCUT2D eigenvalue weighted by molar-refractivity contribution is 6.44. The van der Waals surface area contributed by atoms with Gasteiger partial charge in [0.1, 0.15) is 0 Å². The number of aromatic nitrogens is 2. The molecule has 0 bridgehead atoms. The number of hydrogen-bond donors (Lipinski definition) is 0. The molecule has 0 unspecified atom stereocenters. The van der Waals surface area contributed by atoms with E-state index >= 15 is 0 Å². The van der Waals surface area contributed by atoms with Crippen molar-refractivity contribution in [1.29, 1.82) is 0 Å². The zero-order valence-corrected chi connectivity index (χ0v) is 15.1. The largest absolute Gasteiger partial charge is 0.464 e. The fourth-order valence-corrected chi connectivity index (χ4v) is 3.84. The minimum atomic E-state index is -0.660. The lowest BCUT2D eigenvalue weighted by Gasteiger charge is -2.09. The standard InChI is InChI=1S/C18H10Cl2N2O4/c1-25-17(23)15-12-7-3-5-9(19)14-10(20)6-4-8(11(7)14)13(12)16(22-21-15)18(24)26-2/h3-6H,1-2H3. The molecule has 0 atom stereocenters. The minimum absolute atomic E-state index is 0.00565. The average molecular weight is 389 g/mol. The molecule has 0 saturated carbocycles. The number of hydrogen-bond acceptors (Lipinski definition) is 6. The van der Waals surface area contributed by atoms with E-state index in [9.17, 15) is 9.59 Å². The number of rotatable bonds is 2. The van der Waals surface area contributed by atoms with E-state index in [2.05, 4.69) is 10.2 Å². The molecular formula is C18H10Cl2N2O4. The Morgan fingerprint density at radius 3 is 1.58 bits per heavy atom. The van der Waals surface area contributed by atoms with E-state index in [0.717, 1.165) is 5.39 Å². The quantitative estimate of drug-likeness (QED) is 0.479. The average Bonchev–Trinajstić information content (AvgIpc) is 2.99. The van der Waals surface area contributed by atoms with Gasteiger partial charge in [-0.25, -0.2) is 9.59 Å². The van der Waals surface area contributed by atoms with Crippen molar-refractivity contribution in [2.24, 2.45) is 0 Å². The van der Waals surface area contributed by atoms with Gasteiger partial charge in [0.05, 0.1) is 14.2 Å². The van der Waals surface area contributed by atoms with Gasteiger partial charge in [-0.3, -0.25) is 0 Å². The molecule has 130 valence electrons. The predicted octanol–water partition coefficient (Wildman–Crippen LogP) is 4.16. The van der Waals surface area contributed by atoms with Crippen LogP contribution in [0.4, 0.5) is 0 Å². The first kappa shape index (κ1) is 16.8. The van der Waals surface area contributed by atoms with Gasteiger partial charge >= 0.3 is 11.9 Å². The van der Waals surface area contributed by atoms with Gasteiger partial charge in [0.15, 0.2) is 11.4 Å². The van der Waals surface area contributed by atoms with Crippen LogP contribution >= 0.6 is 23.2 Å². The molecule has 4 rings (SSSR count). The van der Waals surface area contributed by atoms with Crippen LogP contribution in [-0.4, -0.2) is 36.4 Å². The second-order valence-electron chi connectivity index (χ2n) is 5.57. The molecule has 0 spiro atoms. The SMILES string of the molecule is COC(=O)c1nnc(C(=O)OC)c2c1-c1ccc(Cl)c3c(Cl)ccc-2c13. The molecule has 1 aromatic heterocycles. The van der Waals surface area contributed by atoms with E-state index in [4.69, 9.17) is 32.7 Å². The second-order valence-corrected chi connectivity index (χ2v) is 6.38. The highest BCUT2D eigenvalue weighted by Gasteiger charge is 2.34. The lowest BCUT2D eigenvalue weighted by molar-refractivity contribution is 0.0575. The number of carbonyl (C=O) groups excluding carboxylic acids is 2. The molecule has 0 fully saturated rings. The molecule has 1 aliphatic rings. The van der Waals surface area contributed by atoms with Crippen LogP contribution in [0, 0.1) is 0 Å². The van der Waals surface area contributed by atoms with E-state index in [0.29, 0.717) is 37.7 Å². The number of esters is 2. The van der Waals surface area contributed by atoms with Crippen LogP contribution in [0.25, 0.3) is 33.0 Å². The highest BCUT2D eigenvalue weighted by Crippen LogP contribution is 2.52. The fourth-order valence-electron chi connectivity index (χ4n) is 3.27. The Kier molecular flexibility index (Phi) is 3.82.